The van der Waals surface area contributed by atoms with E-state index in [0.717, 1.165) is 26.2 Å². The molecule has 1 saturated heterocycles. The first-order valence-electron chi connectivity index (χ1n) is 7.42. The maximum Gasteiger partial charge on any atom is 0.0400 e. The van der Waals surface area contributed by atoms with Crippen molar-refractivity contribution in [2.45, 2.75) is 40.7 Å². The second-order valence-electron chi connectivity index (χ2n) is 6.84. The molecule has 1 heterocycles. The van der Waals surface area contributed by atoms with E-state index >= 15 is 0 Å². The van der Waals surface area contributed by atoms with Crippen LogP contribution in [-0.4, -0.2) is 31.1 Å². The quantitative estimate of drug-likeness (QED) is 0.878. The van der Waals surface area contributed by atoms with E-state index in [1.807, 2.05) is 0 Å². The number of aryl methyl sites for hydroxylation is 1. The molecule has 1 aromatic carbocycles. The molecule has 0 aliphatic carbocycles. The van der Waals surface area contributed by atoms with Crippen LogP contribution in [-0.2, 0) is 0 Å². The van der Waals surface area contributed by atoms with Gasteiger partial charge in [0.1, 0.15) is 0 Å². The van der Waals surface area contributed by atoms with Gasteiger partial charge >= 0.3 is 0 Å². The van der Waals surface area contributed by atoms with E-state index in [9.17, 15) is 0 Å². The van der Waals surface area contributed by atoms with Gasteiger partial charge in [-0.2, -0.15) is 0 Å². The van der Waals surface area contributed by atoms with Gasteiger partial charge in [0.15, 0.2) is 0 Å². The number of hydrogen-bond donors (Lipinski definition) is 1. The summed E-state index contributed by atoms with van der Waals surface area (Å²) < 4.78 is 0. The Morgan fingerprint density at radius 2 is 1.74 bits per heavy atom. The summed E-state index contributed by atoms with van der Waals surface area (Å²) in [5, 5.41) is 3.46. The van der Waals surface area contributed by atoms with E-state index in [4.69, 9.17) is 0 Å². The molecule has 1 aliphatic heterocycles. The third-order valence-electron chi connectivity index (χ3n) is 4.28. The number of rotatable bonds is 2. The lowest BCUT2D eigenvalue weighted by Gasteiger charge is -2.43. The summed E-state index contributed by atoms with van der Waals surface area (Å²) in [6, 6.07) is 7.25. The van der Waals surface area contributed by atoms with Crippen LogP contribution < -0.4 is 5.32 Å². The molecule has 1 aromatic rings. The number of hydrogen-bond acceptors (Lipinski definition) is 2. The number of benzene rings is 1. The van der Waals surface area contributed by atoms with Crippen LogP contribution in [0.2, 0.25) is 0 Å². The first-order chi connectivity index (χ1) is 8.91. The summed E-state index contributed by atoms with van der Waals surface area (Å²) in [6.07, 6.45) is 0. The van der Waals surface area contributed by atoms with Crippen molar-refractivity contribution < 1.29 is 0 Å². The highest BCUT2D eigenvalue weighted by Crippen LogP contribution is 2.39. The van der Waals surface area contributed by atoms with E-state index in [-0.39, 0.29) is 5.41 Å². The topological polar surface area (TPSA) is 15.3 Å². The van der Waals surface area contributed by atoms with E-state index in [1.54, 1.807) is 0 Å². The fourth-order valence-electron chi connectivity index (χ4n) is 3.22. The van der Waals surface area contributed by atoms with Crippen molar-refractivity contribution in [2.75, 3.05) is 26.2 Å². The Morgan fingerprint density at radius 1 is 1.11 bits per heavy atom. The standard InChI is InChI=1S/C17H28N2/c1-13-7-6-8-15(14(13)2)16(17(3,4)5)19-11-9-18-10-12-19/h6-8,16,18H,9-12H2,1-5H3/t16-/m0/s1. The molecular formula is C17H28N2. The van der Waals surface area contributed by atoms with Crippen molar-refractivity contribution in [3.63, 3.8) is 0 Å². The number of piperazine rings is 1. The second-order valence-corrected chi connectivity index (χ2v) is 6.84. The molecule has 2 rings (SSSR count). The van der Waals surface area contributed by atoms with Gasteiger partial charge in [0.25, 0.3) is 0 Å². The lowest BCUT2D eigenvalue weighted by molar-refractivity contribution is 0.0857. The molecule has 0 radical (unpaired) electrons. The van der Waals surface area contributed by atoms with E-state index < -0.39 is 0 Å². The van der Waals surface area contributed by atoms with Crippen molar-refractivity contribution in [3.8, 4) is 0 Å². The lowest BCUT2D eigenvalue weighted by atomic mass is 9.79. The zero-order valence-electron chi connectivity index (χ0n) is 13.1. The minimum absolute atomic E-state index is 0.260. The summed E-state index contributed by atoms with van der Waals surface area (Å²) in [5.41, 5.74) is 4.63. The van der Waals surface area contributed by atoms with Crippen LogP contribution in [0, 0.1) is 19.3 Å². The molecule has 0 saturated carbocycles. The third-order valence-corrected chi connectivity index (χ3v) is 4.28. The SMILES string of the molecule is Cc1cccc([C@H](N2CCNCC2)C(C)(C)C)c1C. The van der Waals surface area contributed by atoms with Crippen molar-refractivity contribution in [1.29, 1.82) is 0 Å². The Labute approximate surface area is 118 Å². The lowest BCUT2D eigenvalue weighted by Crippen LogP contribution is -2.48. The molecule has 1 fully saturated rings. The molecule has 19 heavy (non-hydrogen) atoms. The maximum absolute atomic E-state index is 3.46. The molecule has 2 nitrogen and oxygen atoms in total. The number of nitrogens with one attached hydrogen (secondary N) is 1. The fraction of sp³-hybridized carbons (Fsp3) is 0.647. The third kappa shape index (κ3) is 3.18. The van der Waals surface area contributed by atoms with Gasteiger partial charge in [-0.3, -0.25) is 4.90 Å². The van der Waals surface area contributed by atoms with Crippen LogP contribution >= 0.6 is 0 Å². The van der Waals surface area contributed by atoms with Gasteiger partial charge in [-0.25, -0.2) is 0 Å². The van der Waals surface area contributed by atoms with Gasteiger partial charge < -0.3 is 5.32 Å². The zero-order chi connectivity index (χ0) is 14.0. The zero-order valence-corrected chi connectivity index (χ0v) is 13.1. The summed E-state index contributed by atoms with van der Waals surface area (Å²) in [7, 11) is 0. The van der Waals surface area contributed by atoms with E-state index in [1.165, 1.54) is 16.7 Å². The minimum atomic E-state index is 0.260. The van der Waals surface area contributed by atoms with Gasteiger partial charge in [-0.1, -0.05) is 39.0 Å². The van der Waals surface area contributed by atoms with Gasteiger partial charge in [0.2, 0.25) is 0 Å². The molecule has 2 heteroatoms. The highest BCUT2D eigenvalue weighted by molar-refractivity contribution is 5.36. The first kappa shape index (κ1) is 14.5. The minimum Gasteiger partial charge on any atom is -0.314 e. The highest BCUT2D eigenvalue weighted by Gasteiger charge is 2.33. The Balaban J connectivity index is 2.40. The van der Waals surface area contributed by atoms with E-state index in [2.05, 4.69) is 63.0 Å². The molecule has 0 amide bonds. The average molecular weight is 260 g/mol. The van der Waals surface area contributed by atoms with E-state index in [0.29, 0.717) is 6.04 Å². The molecule has 1 atom stereocenters. The monoisotopic (exact) mass is 260 g/mol. The Bertz CT molecular complexity index is 425. The van der Waals surface area contributed by atoms with Gasteiger partial charge in [0, 0.05) is 32.2 Å². The summed E-state index contributed by atoms with van der Waals surface area (Å²) >= 11 is 0. The molecule has 0 spiro atoms. The summed E-state index contributed by atoms with van der Waals surface area (Å²) in [4.78, 5) is 2.65. The first-order valence-corrected chi connectivity index (χ1v) is 7.42. The van der Waals surface area contributed by atoms with Gasteiger partial charge in [-0.05, 0) is 36.0 Å². The molecule has 0 aromatic heterocycles. The second kappa shape index (κ2) is 5.64. The molecule has 0 bridgehead atoms. The summed E-state index contributed by atoms with van der Waals surface area (Å²) in [6.45, 7) is 16.1. The Morgan fingerprint density at radius 3 is 2.32 bits per heavy atom. The predicted molar refractivity (Wildman–Crippen MR) is 82.6 cm³/mol. The molecule has 106 valence electrons. The molecular weight excluding hydrogens is 232 g/mol. The van der Waals surface area contributed by atoms with Crippen LogP contribution in [0.5, 0.6) is 0 Å². The molecule has 0 unspecified atom stereocenters. The van der Waals surface area contributed by atoms with Crippen molar-refractivity contribution in [3.05, 3.63) is 34.9 Å². The Kier molecular flexibility index (Phi) is 4.32. The largest absolute Gasteiger partial charge is 0.314 e. The van der Waals surface area contributed by atoms with Crippen LogP contribution in [0.1, 0.15) is 43.5 Å². The van der Waals surface area contributed by atoms with Gasteiger partial charge in [0.05, 0.1) is 0 Å². The van der Waals surface area contributed by atoms with Crippen molar-refractivity contribution in [2.24, 2.45) is 5.41 Å². The maximum atomic E-state index is 3.46. The van der Waals surface area contributed by atoms with Gasteiger partial charge in [-0.15, -0.1) is 0 Å². The van der Waals surface area contributed by atoms with Crippen molar-refractivity contribution >= 4 is 0 Å². The van der Waals surface area contributed by atoms with Crippen LogP contribution in [0.25, 0.3) is 0 Å². The smallest absolute Gasteiger partial charge is 0.0400 e. The Hall–Kier alpha value is -0.860. The number of nitrogens with zero attached hydrogens (tertiary/aromatic N) is 1. The predicted octanol–water partition coefficient (Wildman–Crippen LogP) is 3.30. The van der Waals surface area contributed by atoms with Crippen LogP contribution in [0.15, 0.2) is 18.2 Å². The van der Waals surface area contributed by atoms with Crippen LogP contribution in [0.4, 0.5) is 0 Å². The fourth-order valence-corrected chi connectivity index (χ4v) is 3.22. The van der Waals surface area contributed by atoms with Crippen molar-refractivity contribution in [1.82, 2.24) is 10.2 Å². The van der Waals surface area contributed by atoms with Crippen LogP contribution in [0.3, 0.4) is 0 Å². The highest BCUT2D eigenvalue weighted by atomic mass is 15.2. The summed E-state index contributed by atoms with van der Waals surface area (Å²) in [5.74, 6) is 0. The normalized spacial score (nSPS) is 19.4. The molecule has 1 N–H and O–H groups in total. The average Bonchev–Trinajstić information content (AvgIpc) is 2.35. The molecule has 1 aliphatic rings.